The van der Waals surface area contributed by atoms with Crippen molar-refractivity contribution < 1.29 is 9.59 Å². The number of amides is 2. The molecule has 0 radical (unpaired) electrons. The summed E-state index contributed by atoms with van der Waals surface area (Å²) in [5.41, 5.74) is 12.8. The van der Waals surface area contributed by atoms with Crippen LogP contribution in [0.4, 0.5) is 10.8 Å². The van der Waals surface area contributed by atoms with Gasteiger partial charge in [-0.2, -0.15) is 0 Å². The van der Waals surface area contributed by atoms with E-state index in [1.165, 1.54) is 5.38 Å². The van der Waals surface area contributed by atoms with Crippen LogP contribution in [0.1, 0.15) is 26.4 Å². The van der Waals surface area contributed by atoms with Crippen LogP contribution in [0.25, 0.3) is 0 Å². The van der Waals surface area contributed by atoms with Gasteiger partial charge in [0.25, 0.3) is 11.8 Å². The van der Waals surface area contributed by atoms with Gasteiger partial charge in [0, 0.05) is 16.6 Å². The average Bonchev–Trinajstić information content (AvgIpc) is 2.81. The Morgan fingerprint density at radius 3 is 2.68 bits per heavy atom. The molecule has 1 heterocycles. The van der Waals surface area contributed by atoms with Crippen LogP contribution in [0.5, 0.6) is 0 Å². The number of aryl methyl sites for hydroxylation is 1. The molecule has 19 heavy (non-hydrogen) atoms. The van der Waals surface area contributed by atoms with E-state index >= 15 is 0 Å². The molecule has 5 N–H and O–H groups in total. The first kappa shape index (κ1) is 13.0. The predicted molar refractivity (Wildman–Crippen MR) is 74.2 cm³/mol. The predicted octanol–water partition coefficient (Wildman–Crippen LogP) is 1.38. The summed E-state index contributed by atoms with van der Waals surface area (Å²) in [6, 6.07) is 4.98. The molecule has 0 aliphatic rings. The van der Waals surface area contributed by atoms with Crippen molar-refractivity contribution in [2.24, 2.45) is 5.73 Å². The van der Waals surface area contributed by atoms with Gasteiger partial charge in [-0.1, -0.05) is 0 Å². The summed E-state index contributed by atoms with van der Waals surface area (Å²) in [7, 11) is 0. The molecule has 0 saturated heterocycles. The van der Waals surface area contributed by atoms with E-state index in [9.17, 15) is 9.59 Å². The van der Waals surface area contributed by atoms with E-state index in [0.717, 1.165) is 16.9 Å². The van der Waals surface area contributed by atoms with Crippen molar-refractivity contribution in [3.8, 4) is 0 Å². The number of carbonyl (C=O) groups is 2. The minimum atomic E-state index is -0.625. The molecule has 2 aromatic rings. The van der Waals surface area contributed by atoms with E-state index in [1.54, 1.807) is 18.2 Å². The summed E-state index contributed by atoms with van der Waals surface area (Å²) in [4.78, 5) is 26.7. The maximum absolute atomic E-state index is 12.0. The quantitative estimate of drug-likeness (QED) is 0.735. The second-order valence-electron chi connectivity index (χ2n) is 3.93. The molecule has 2 rings (SSSR count). The Kier molecular flexibility index (Phi) is 3.48. The van der Waals surface area contributed by atoms with Crippen LogP contribution in [0.15, 0.2) is 23.6 Å². The Bertz CT molecular complexity index is 651. The molecule has 1 aromatic carbocycles. The molecule has 1 aromatic heterocycles. The highest BCUT2D eigenvalue weighted by Gasteiger charge is 2.11. The summed E-state index contributed by atoms with van der Waals surface area (Å²) in [6.45, 7) is 1.82. The van der Waals surface area contributed by atoms with Crippen molar-refractivity contribution in [1.29, 1.82) is 0 Å². The first-order chi connectivity index (χ1) is 8.97. The van der Waals surface area contributed by atoms with Crippen LogP contribution in [-0.2, 0) is 0 Å². The van der Waals surface area contributed by atoms with E-state index in [-0.39, 0.29) is 11.6 Å². The van der Waals surface area contributed by atoms with Gasteiger partial charge >= 0.3 is 0 Å². The zero-order valence-corrected chi connectivity index (χ0v) is 11.0. The SMILES string of the molecule is Cc1cc(C(=O)Nc2nc(C(N)=O)cs2)ccc1N. The van der Waals surface area contributed by atoms with Gasteiger partial charge in [-0.3, -0.25) is 14.9 Å². The smallest absolute Gasteiger partial charge is 0.268 e. The van der Waals surface area contributed by atoms with E-state index in [1.807, 2.05) is 6.92 Å². The molecule has 0 saturated carbocycles. The van der Waals surface area contributed by atoms with Gasteiger partial charge in [-0.25, -0.2) is 4.98 Å². The minimum Gasteiger partial charge on any atom is -0.399 e. The zero-order chi connectivity index (χ0) is 14.0. The number of benzene rings is 1. The van der Waals surface area contributed by atoms with Crippen LogP contribution < -0.4 is 16.8 Å². The van der Waals surface area contributed by atoms with E-state index in [4.69, 9.17) is 11.5 Å². The number of nitrogens with two attached hydrogens (primary N) is 2. The first-order valence-electron chi connectivity index (χ1n) is 5.40. The molecule has 0 fully saturated rings. The molecule has 2 amide bonds. The molecule has 98 valence electrons. The fourth-order valence-corrected chi connectivity index (χ4v) is 2.13. The van der Waals surface area contributed by atoms with Crippen LogP contribution >= 0.6 is 11.3 Å². The zero-order valence-electron chi connectivity index (χ0n) is 10.1. The van der Waals surface area contributed by atoms with Crippen LogP contribution in [0.2, 0.25) is 0 Å². The Balaban J connectivity index is 2.15. The molecule has 7 heteroatoms. The Hall–Kier alpha value is -2.41. The summed E-state index contributed by atoms with van der Waals surface area (Å²) in [5.74, 6) is -0.937. The highest BCUT2D eigenvalue weighted by molar-refractivity contribution is 7.14. The fourth-order valence-electron chi connectivity index (χ4n) is 1.43. The van der Waals surface area contributed by atoms with Crippen molar-refractivity contribution in [1.82, 2.24) is 4.98 Å². The summed E-state index contributed by atoms with van der Waals surface area (Å²) < 4.78 is 0. The Labute approximate surface area is 113 Å². The van der Waals surface area contributed by atoms with Crippen LogP contribution in [0, 0.1) is 6.92 Å². The Morgan fingerprint density at radius 2 is 2.11 bits per heavy atom. The van der Waals surface area contributed by atoms with Crippen LogP contribution in [-0.4, -0.2) is 16.8 Å². The number of hydrogen-bond donors (Lipinski definition) is 3. The number of hydrogen-bond acceptors (Lipinski definition) is 5. The number of rotatable bonds is 3. The normalized spacial score (nSPS) is 10.2. The third kappa shape index (κ3) is 2.89. The first-order valence-corrected chi connectivity index (χ1v) is 6.28. The molecular formula is C12H12N4O2S. The summed E-state index contributed by atoms with van der Waals surface area (Å²) in [6.07, 6.45) is 0. The number of aromatic nitrogens is 1. The highest BCUT2D eigenvalue weighted by Crippen LogP contribution is 2.18. The second-order valence-corrected chi connectivity index (χ2v) is 4.79. The van der Waals surface area contributed by atoms with E-state index in [0.29, 0.717) is 16.4 Å². The van der Waals surface area contributed by atoms with Gasteiger partial charge in [0.15, 0.2) is 5.13 Å². The molecule has 0 unspecified atom stereocenters. The van der Waals surface area contributed by atoms with Crippen molar-refractivity contribution in [2.45, 2.75) is 6.92 Å². The van der Waals surface area contributed by atoms with Gasteiger partial charge in [0.1, 0.15) is 5.69 Å². The monoisotopic (exact) mass is 276 g/mol. The molecule has 0 aliphatic heterocycles. The van der Waals surface area contributed by atoms with Crippen molar-refractivity contribution >= 4 is 34.0 Å². The largest absolute Gasteiger partial charge is 0.399 e. The second kappa shape index (κ2) is 5.07. The summed E-state index contributed by atoms with van der Waals surface area (Å²) >= 11 is 1.14. The van der Waals surface area contributed by atoms with Crippen molar-refractivity contribution in [2.75, 3.05) is 11.1 Å². The topological polar surface area (TPSA) is 111 Å². The summed E-state index contributed by atoms with van der Waals surface area (Å²) in [5, 5.41) is 4.42. The molecule has 0 atom stereocenters. The lowest BCUT2D eigenvalue weighted by molar-refractivity contribution is 0.0992. The molecule has 0 aliphatic carbocycles. The Morgan fingerprint density at radius 1 is 1.37 bits per heavy atom. The number of nitrogens with zero attached hydrogens (tertiary/aromatic N) is 1. The lowest BCUT2D eigenvalue weighted by Gasteiger charge is -2.04. The number of nitrogen functional groups attached to an aromatic ring is 1. The standard InChI is InChI=1S/C12H12N4O2S/c1-6-4-7(2-3-8(6)13)11(18)16-12-15-9(5-19-12)10(14)17/h2-5H,13H2,1H3,(H2,14,17)(H,15,16,18). The van der Waals surface area contributed by atoms with Crippen molar-refractivity contribution in [3.05, 3.63) is 40.4 Å². The fraction of sp³-hybridized carbons (Fsp3) is 0.0833. The maximum Gasteiger partial charge on any atom is 0.268 e. The van der Waals surface area contributed by atoms with Gasteiger partial charge in [0.2, 0.25) is 0 Å². The number of carbonyl (C=O) groups excluding carboxylic acids is 2. The average molecular weight is 276 g/mol. The van der Waals surface area contributed by atoms with Gasteiger partial charge in [-0.05, 0) is 30.7 Å². The minimum absolute atomic E-state index is 0.133. The molecule has 6 nitrogen and oxygen atoms in total. The third-order valence-electron chi connectivity index (χ3n) is 2.51. The van der Waals surface area contributed by atoms with Crippen LogP contribution in [0.3, 0.4) is 0 Å². The molecule has 0 bridgehead atoms. The van der Waals surface area contributed by atoms with Gasteiger partial charge < -0.3 is 11.5 Å². The van der Waals surface area contributed by atoms with Gasteiger partial charge in [0.05, 0.1) is 0 Å². The maximum atomic E-state index is 12.0. The number of anilines is 2. The third-order valence-corrected chi connectivity index (χ3v) is 3.27. The highest BCUT2D eigenvalue weighted by atomic mass is 32.1. The lowest BCUT2D eigenvalue weighted by Crippen LogP contribution is -2.14. The van der Waals surface area contributed by atoms with E-state index < -0.39 is 5.91 Å². The van der Waals surface area contributed by atoms with Gasteiger partial charge in [-0.15, -0.1) is 11.3 Å². The molecule has 0 spiro atoms. The lowest BCUT2D eigenvalue weighted by atomic mass is 10.1. The van der Waals surface area contributed by atoms with Crippen molar-refractivity contribution in [3.63, 3.8) is 0 Å². The molecular weight excluding hydrogens is 264 g/mol. The number of primary amides is 1. The number of thiazole rings is 1. The van der Waals surface area contributed by atoms with E-state index in [2.05, 4.69) is 10.3 Å². The number of nitrogens with one attached hydrogen (secondary N) is 1.